The zero-order valence-electron chi connectivity index (χ0n) is 18.0. The van der Waals surface area contributed by atoms with Gasteiger partial charge < -0.3 is 9.57 Å². The first kappa shape index (κ1) is 23.7. The van der Waals surface area contributed by atoms with E-state index in [1.165, 1.54) is 12.1 Å². The molecule has 0 fully saturated rings. The van der Waals surface area contributed by atoms with E-state index in [1.807, 2.05) is 24.3 Å². The van der Waals surface area contributed by atoms with Crippen LogP contribution in [-0.2, 0) is 17.6 Å². The van der Waals surface area contributed by atoms with Gasteiger partial charge >= 0.3 is 18.1 Å². The van der Waals surface area contributed by atoms with Gasteiger partial charge in [0.15, 0.2) is 0 Å². The predicted molar refractivity (Wildman–Crippen MR) is 120 cm³/mol. The molecule has 3 aromatic carbocycles. The number of benzene rings is 3. The Kier molecular flexibility index (Phi) is 6.65. The number of hydrogen-bond acceptors (Lipinski definition) is 6. The predicted octanol–water partition coefficient (Wildman–Crippen LogP) is 4.92. The fourth-order valence-electron chi connectivity index (χ4n) is 3.28. The molecule has 0 aliphatic rings. The molecule has 178 valence electrons. The van der Waals surface area contributed by atoms with Crippen molar-refractivity contribution in [2.75, 3.05) is 0 Å². The van der Waals surface area contributed by atoms with Crippen molar-refractivity contribution in [3.05, 3.63) is 107 Å². The molecule has 35 heavy (non-hydrogen) atoms. The van der Waals surface area contributed by atoms with E-state index >= 15 is 0 Å². The molecule has 0 saturated carbocycles. The first-order valence-electron chi connectivity index (χ1n) is 10.3. The minimum absolute atomic E-state index is 0.0502. The average Bonchev–Trinajstić information content (AvgIpc) is 2.86. The van der Waals surface area contributed by atoms with Gasteiger partial charge in [0, 0.05) is 28.9 Å². The number of nitrogens with two attached hydrogens (primary N) is 1. The van der Waals surface area contributed by atoms with Crippen LogP contribution in [0, 0.1) is 0 Å². The number of halogens is 3. The van der Waals surface area contributed by atoms with E-state index in [4.69, 9.17) is 15.4 Å². The lowest BCUT2D eigenvalue weighted by Crippen LogP contribution is -2.39. The number of aromatic nitrogens is 1. The topological polar surface area (TPSA) is 94.8 Å². The number of hydrazine groups is 1. The fraction of sp³-hybridized carbons (Fsp3) is 0.0800. The Morgan fingerprint density at radius 3 is 2.40 bits per heavy atom. The standard InChI is InChI=1S/C25H18F3N3O4/c26-25(27,28)20-10-8-16(9-11-20)23(32)31(29)35-24(33)17-5-3-6-21(12-17)34-15-19-14-30-13-18-4-1-2-7-22(18)19/h1-14H,15,29H2. The summed E-state index contributed by atoms with van der Waals surface area (Å²) in [6, 6.07) is 17.1. The van der Waals surface area contributed by atoms with Crippen molar-refractivity contribution in [3.8, 4) is 5.75 Å². The number of alkyl halides is 3. The third kappa shape index (κ3) is 5.56. The summed E-state index contributed by atoms with van der Waals surface area (Å²) >= 11 is 0. The van der Waals surface area contributed by atoms with E-state index in [2.05, 4.69) is 4.98 Å². The summed E-state index contributed by atoms with van der Waals surface area (Å²) in [5.41, 5.74) is -0.208. The number of carbonyl (C=O) groups excluding carboxylic acids is 2. The monoisotopic (exact) mass is 481 g/mol. The summed E-state index contributed by atoms with van der Waals surface area (Å²) in [4.78, 5) is 33.8. The van der Waals surface area contributed by atoms with Crippen LogP contribution >= 0.6 is 0 Å². The molecule has 0 unspecified atom stereocenters. The minimum atomic E-state index is -4.55. The number of pyridine rings is 1. The quantitative estimate of drug-likeness (QED) is 0.247. The highest BCUT2D eigenvalue weighted by atomic mass is 19.4. The normalized spacial score (nSPS) is 11.2. The molecule has 0 aliphatic carbocycles. The second kappa shape index (κ2) is 9.82. The van der Waals surface area contributed by atoms with Gasteiger partial charge in [0.1, 0.15) is 12.4 Å². The van der Waals surface area contributed by atoms with Crippen molar-refractivity contribution in [3.63, 3.8) is 0 Å². The van der Waals surface area contributed by atoms with Gasteiger partial charge in [-0.1, -0.05) is 35.5 Å². The van der Waals surface area contributed by atoms with Gasteiger partial charge in [0.2, 0.25) is 0 Å². The lowest BCUT2D eigenvalue weighted by Gasteiger charge is -2.16. The maximum Gasteiger partial charge on any atom is 0.416 e. The van der Waals surface area contributed by atoms with Gasteiger partial charge in [0.25, 0.3) is 0 Å². The number of amides is 1. The van der Waals surface area contributed by atoms with Crippen molar-refractivity contribution >= 4 is 22.6 Å². The zero-order chi connectivity index (χ0) is 25.0. The molecule has 0 radical (unpaired) electrons. The summed E-state index contributed by atoms with van der Waals surface area (Å²) in [7, 11) is 0. The van der Waals surface area contributed by atoms with Crippen molar-refractivity contribution in [1.29, 1.82) is 0 Å². The average molecular weight is 481 g/mol. The molecule has 4 aromatic rings. The summed E-state index contributed by atoms with van der Waals surface area (Å²) < 4.78 is 43.9. The molecule has 0 spiro atoms. The van der Waals surface area contributed by atoms with Crippen LogP contribution in [0.2, 0.25) is 0 Å². The molecule has 1 heterocycles. The van der Waals surface area contributed by atoms with E-state index in [9.17, 15) is 22.8 Å². The van der Waals surface area contributed by atoms with Gasteiger partial charge in [-0.2, -0.15) is 13.2 Å². The van der Waals surface area contributed by atoms with E-state index in [1.54, 1.807) is 24.5 Å². The maximum atomic E-state index is 12.7. The number of fused-ring (bicyclic) bond motifs is 1. The second-order valence-corrected chi connectivity index (χ2v) is 7.42. The van der Waals surface area contributed by atoms with Crippen molar-refractivity contribution in [1.82, 2.24) is 10.2 Å². The number of rotatable bonds is 5. The van der Waals surface area contributed by atoms with Crippen LogP contribution in [0.3, 0.4) is 0 Å². The van der Waals surface area contributed by atoms with Crippen LogP contribution in [0.1, 0.15) is 31.8 Å². The minimum Gasteiger partial charge on any atom is -0.489 e. The molecule has 10 heteroatoms. The largest absolute Gasteiger partial charge is 0.489 e. The van der Waals surface area contributed by atoms with Crippen LogP contribution in [0.4, 0.5) is 13.2 Å². The number of hydrogen-bond donors (Lipinski definition) is 1. The molecule has 0 atom stereocenters. The summed E-state index contributed by atoms with van der Waals surface area (Å²) in [6.07, 6.45) is -1.10. The van der Waals surface area contributed by atoms with Gasteiger partial charge in [-0.25, -0.2) is 10.6 Å². The molecule has 7 nitrogen and oxygen atoms in total. The summed E-state index contributed by atoms with van der Waals surface area (Å²) in [5.74, 6) is 3.93. The van der Waals surface area contributed by atoms with Crippen LogP contribution < -0.4 is 10.6 Å². The lowest BCUT2D eigenvalue weighted by molar-refractivity contribution is -0.137. The Balaban J connectivity index is 1.40. The first-order valence-corrected chi connectivity index (χ1v) is 10.3. The molecule has 0 saturated heterocycles. The number of ether oxygens (including phenoxy) is 1. The van der Waals surface area contributed by atoms with Crippen LogP contribution in [-0.4, -0.2) is 22.0 Å². The van der Waals surface area contributed by atoms with Gasteiger partial charge in [0.05, 0.1) is 11.1 Å². The molecular formula is C25H18F3N3O4. The van der Waals surface area contributed by atoms with E-state index in [0.717, 1.165) is 40.6 Å². The maximum absolute atomic E-state index is 12.7. The van der Waals surface area contributed by atoms with E-state index < -0.39 is 23.6 Å². The Bertz CT molecular complexity index is 1370. The summed E-state index contributed by atoms with van der Waals surface area (Å²) in [6.45, 7) is 0.197. The molecule has 1 amide bonds. The molecule has 2 N–H and O–H groups in total. The van der Waals surface area contributed by atoms with Crippen molar-refractivity contribution in [2.24, 2.45) is 5.84 Å². The smallest absolute Gasteiger partial charge is 0.416 e. The molecule has 4 rings (SSSR count). The van der Waals surface area contributed by atoms with Crippen LogP contribution in [0.15, 0.2) is 85.2 Å². The molecule has 1 aromatic heterocycles. The highest BCUT2D eigenvalue weighted by Crippen LogP contribution is 2.29. The first-order chi connectivity index (χ1) is 16.7. The summed E-state index contributed by atoms with van der Waals surface area (Å²) in [5, 5.41) is 2.12. The highest BCUT2D eigenvalue weighted by molar-refractivity contribution is 5.95. The van der Waals surface area contributed by atoms with Gasteiger partial charge in [-0.15, -0.1) is 0 Å². The number of carbonyl (C=O) groups is 2. The third-order valence-corrected chi connectivity index (χ3v) is 5.06. The van der Waals surface area contributed by atoms with Crippen molar-refractivity contribution in [2.45, 2.75) is 12.8 Å². The van der Waals surface area contributed by atoms with E-state index in [-0.39, 0.29) is 22.9 Å². The van der Waals surface area contributed by atoms with E-state index in [0.29, 0.717) is 5.75 Å². The molecule has 0 aliphatic heterocycles. The second-order valence-electron chi connectivity index (χ2n) is 7.42. The van der Waals surface area contributed by atoms with Crippen molar-refractivity contribution < 1.29 is 32.3 Å². The Hall–Kier alpha value is -4.44. The van der Waals surface area contributed by atoms with Crippen LogP contribution in [0.25, 0.3) is 10.8 Å². The highest BCUT2D eigenvalue weighted by Gasteiger charge is 2.30. The SMILES string of the molecule is NN(OC(=O)c1cccc(OCc2cncc3ccccc23)c1)C(=O)c1ccc(C(F)(F)F)cc1. The molecule has 0 bridgehead atoms. The zero-order valence-corrected chi connectivity index (χ0v) is 18.0. The van der Waals surface area contributed by atoms with Crippen LogP contribution in [0.5, 0.6) is 5.75 Å². The number of hydroxylamine groups is 1. The third-order valence-electron chi connectivity index (χ3n) is 5.06. The Morgan fingerprint density at radius 1 is 0.914 bits per heavy atom. The fourth-order valence-corrected chi connectivity index (χ4v) is 3.28. The van der Waals surface area contributed by atoms with Gasteiger partial charge in [-0.05, 0) is 47.9 Å². The van der Waals surface area contributed by atoms with Gasteiger partial charge in [-0.3, -0.25) is 9.78 Å². The Labute approximate surface area is 197 Å². The Morgan fingerprint density at radius 2 is 1.66 bits per heavy atom. The number of nitrogens with zero attached hydrogens (tertiary/aromatic N) is 2. The molecular weight excluding hydrogens is 463 g/mol. The lowest BCUT2D eigenvalue weighted by atomic mass is 10.1.